The van der Waals surface area contributed by atoms with Crippen molar-refractivity contribution in [3.63, 3.8) is 0 Å². The Balaban J connectivity index is 1.53. The summed E-state index contributed by atoms with van der Waals surface area (Å²) < 4.78 is 17.4. The summed E-state index contributed by atoms with van der Waals surface area (Å²) in [6, 6.07) is 0. The van der Waals surface area contributed by atoms with Crippen LogP contribution in [0.2, 0.25) is 0 Å². The molecule has 4 fully saturated rings. The first-order valence-electron chi connectivity index (χ1n) is 11.1. The van der Waals surface area contributed by atoms with Crippen molar-refractivity contribution in [2.45, 2.75) is 112 Å². The van der Waals surface area contributed by atoms with E-state index in [1.807, 2.05) is 0 Å². The molecule has 4 aliphatic rings. The predicted molar refractivity (Wildman–Crippen MR) is 101 cm³/mol. The Labute approximate surface area is 179 Å². The van der Waals surface area contributed by atoms with Gasteiger partial charge in [0.25, 0.3) is 0 Å². The molecule has 2 saturated carbocycles. The molecular weight excluding hydrogens is 416 g/mol. The molecule has 9 unspecified atom stereocenters. The second kappa shape index (κ2) is 9.43. The Bertz CT molecular complexity index is 608. The van der Waals surface area contributed by atoms with Gasteiger partial charge >= 0.3 is 0 Å². The third-order valence-corrected chi connectivity index (χ3v) is 7.33. The first-order chi connectivity index (χ1) is 14.7. The molecule has 0 radical (unpaired) electrons. The molecule has 4 rings (SSSR count). The van der Waals surface area contributed by atoms with Crippen LogP contribution in [0.25, 0.3) is 0 Å². The van der Waals surface area contributed by atoms with Crippen LogP contribution in [0, 0.1) is 11.8 Å². The Morgan fingerprint density at radius 1 is 0.645 bits per heavy atom. The van der Waals surface area contributed by atoms with Gasteiger partial charge in [-0.1, -0.05) is 0 Å². The topological polar surface area (TPSA) is 190 Å². The zero-order chi connectivity index (χ0) is 22.4. The van der Waals surface area contributed by atoms with Crippen LogP contribution in [0.5, 0.6) is 0 Å². The largest absolute Gasteiger partial charge is 0.393 e. The number of rotatable bonds is 3. The van der Waals surface area contributed by atoms with E-state index in [0.29, 0.717) is 25.7 Å². The Hall–Kier alpha value is -0.440. The molecule has 14 atom stereocenters. The van der Waals surface area contributed by atoms with Gasteiger partial charge in [0.2, 0.25) is 0 Å². The molecule has 11 heteroatoms. The molecule has 2 aliphatic heterocycles. The highest BCUT2D eigenvalue weighted by Gasteiger charge is 2.51. The lowest BCUT2D eigenvalue weighted by molar-refractivity contribution is -0.361. The Kier molecular flexibility index (Phi) is 7.21. The number of hydrogen-bond donors (Lipinski definition) is 8. The minimum atomic E-state index is -1.75. The van der Waals surface area contributed by atoms with Crippen LogP contribution in [-0.2, 0) is 14.2 Å². The van der Waals surface area contributed by atoms with Crippen molar-refractivity contribution in [3.8, 4) is 0 Å². The maximum Gasteiger partial charge on any atom is 0.189 e. The summed E-state index contributed by atoms with van der Waals surface area (Å²) in [5.41, 5.74) is 0. The smallest absolute Gasteiger partial charge is 0.189 e. The fourth-order valence-corrected chi connectivity index (χ4v) is 5.52. The lowest BCUT2D eigenvalue weighted by atomic mass is 9.72. The minimum Gasteiger partial charge on any atom is -0.393 e. The lowest BCUT2D eigenvalue weighted by Crippen LogP contribution is -2.61. The number of hydrogen-bond acceptors (Lipinski definition) is 11. The van der Waals surface area contributed by atoms with Crippen LogP contribution in [0.15, 0.2) is 0 Å². The number of aliphatic hydroxyl groups is 8. The lowest BCUT2D eigenvalue weighted by Gasteiger charge is -2.51. The van der Waals surface area contributed by atoms with E-state index in [1.54, 1.807) is 0 Å². The van der Waals surface area contributed by atoms with Gasteiger partial charge in [0, 0.05) is 5.92 Å². The predicted octanol–water partition coefficient (Wildman–Crippen LogP) is -3.06. The summed E-state index contributed by atoms with van der Waals surface area (Å²) in [6.07, 6.45) is -11.0. The minimum absolute atomic E-state index is 0.193. The van der Waals surface area contributed by atoms with E-state index in [-0.39, 0.29) is 24.7 Å². The summed E-state index contributed by atoms with van der Waals surface area (Å²) in [5, 5.41) is 80.3. The van der Waals surface area contributed by atoms with Crippen LogP contribution >= 0.6 is 0 Å². The molecule has 0 aromatic rings. The van der Waals surface area contributed by atoms with E-state index in [2.05, 4.69) is 0 Å². The highest BCUT2D eigenvalue weighted by atomic mass is 16.8. The average molecular weight is 450 g/mol. The highest BCUT2D eigenvalue weighted by Crippen LogP contribution is 2.43. The Morgan fingerprint density at radius 2 is 1.39 bits per heavy atom. The van der Waals surface area contributed by atoms with Gasteiger partial charge in [0.05, 0.1) is 42.7 Å². The van der Waals surface area contributed by atoms with Gasteiger partial charge in [-0.25, -0.2) is 0 Å². The van der Waals surface area contributed by atoms with Gasteiger partial charge < -0.3 is 55.1 Å². The molecule has 0 aromatic heterocycles. The van der Waals surface area contributed by atoms with Gasteiger partial charge in [-0.15, -0.1) is 0 Å². The number of aliphatic hydroxyl groups excluding tert-OH is 8. The SMILES string of the molecule is OC1CC(O)C2CC(O[C@H]3O[C@@H](O)[C@@H](O)[C@@H](O)[C@@H]3O)C(C3CCC(O)C(O)C3)OC2C1. The molecule has 0 aromatic carbocycles. The summed E-state index contributed by atoms with van der Waals surface area (Å²) in [7, 11) is 0. The first kappa shape index (κ1) is 23.7. The first-order valence-corrected chi connectivity index (χ1v) is 11.1. The van der Waals surface area contributed by atoms with Crippen LogP contribution in [0.4, 0.5) is 0 Å². The van der Waals surface area contributed by atoms with Crippen molar-refractivity contribution in [3.05, 3.63) is 0 Å². The fraction of sp³-hybridized carbons (Fsp3) is 1.00. The van der Waals surface area contributed by atoms with Crippen LogP contribution in [0.1, 0.15) is 38.5 Å². The second-order valence-corrected chi connectivity index (χ2v) is 9.48. The van der Waals surface area contributed by atoms with E-state index in [9.17, 15) is 40.9 Å². The van der Waals surface area contributed by atoms with E-state index in [4.69, 9.17) is 14.2 Å². The molecular formula is C20H34O11. The van der Waals surface area contributed by atoms with E-state index < -0.39 is 73.6 Å². The van der Waals surface area contributed by atoms with Crippen molar-refractivity contribution in [2.24, 2.45) is 11.8 Å². The molecule has 31 heavy (non-hydrogen) atoms. The van der Waals surface area contributed by atoms with E-state index in [0.717, 1.165) is 0 Å². The van der Waals surface area contributed by atoms with E-state index in [1.165, 1.54) is 0 Å². The summed E-state index contributed by atoms with van der Waals surface area (Å²) in [5.74, 6) is -0.522. The highest BCUT2D eigenvalue weighted by molar-refractivity contribution is 4.98. The molecule has 2 aliphatic carbocycles. The summed E-state index contributed by atoms with van der Waals surface area (Å²) >= 11 is 0. The summed E-state index contributed by atoms with van der Waals surface area (Å²) in [4.78, 5) is 0. The van der Waals surface area contributed by atoms with Crippen LogP contribution in [0.3, 0.4) is 0 Å². The summed E-state index contributed by atoms with van der Waals surface area (Å²) in [6.45, 7) is 0. The number of fused-ring (bicyclic) bond motifs is 1. The Morgan fingerprint density at radius 3 is 2.10 bits per heavy atom. The van der Waals surface area contributed by atoms with Gasteiger partial charge in [0.1, 0.15) is 18.3 Å². The standard InChI is InChI=1S/C20H34O11/c21-8-4-11(23)9-6-14(30-20-17(27)15(25)16(26)19(28)31-20)18(29-13(9)5-8)7-1-2-10(22)12(24)3-7/h7-28H,1-6H2/t7?,8?,9?,10?,11?,12?,13?,14?,15-,16+,17+,18?,19-,20+/m1/s1. The van der Waals surface area contributed by atoms with Crippen LogP contribution < -0.4 is 0 Å². The maximum atomic E-state index is 10.5. The van der Waals surface area contributed by atoms with Crippen molar-refractivity contribution in [2.75, 3.05) is 0 Å². The van der Waals surface area contributed by atoms with Gasteiger partial charge in [-0.05, 0) is 44.4 Å². The zero-order valence-corrected chi connectivity index (χ0v) is 17.1. The normalized spacial score (nSPS) is 56.1. The van der Waals surface area contributed by atoms with Crippen molar-refractivity contribution >= 4 is 0 Å². The molecule has 0 spiro atoms. The quantitative estimate of drug-likeness (QED) is 0.218. The molecule has 8 N–H and O–H groups in total. The van der Waals surface area contributed by atoms with Gasteiger partial charge in [-0.3, -0.25) is 0 Å². The van der Waals surface area contributed by atoms with Crippen LogP contribution in [-0.4, -0.2) is 114 Å². The average Bonchev–Trinajstić information content (AvgIpc) is 2.72. The fourth-order valence-electron chi connectivity index (χ4n) is 5.52. The number of ether oxygens (including phenoxy) is 3. The molecule has 2 saturated heterocycles. The third kappa shape index (κ3) is 4.78. The van der Waals surface area contributed by atoms with E-state index >= 15 is 0 Å². The van der Waals surface area contributed by atoms with Crippen molar-refractivity contribution in [1.82, 2.24) is 0 Å². The molecule has 0 amide bonds. The third-order valence-electron chi connectivity index (χ3n) is 7.33. The van der Waals surface area contributed by atoms with Crippen molar-refractivity contribution < 1.29 is 55.1 Å². The molecule has 0 bridgehead atoms. The van der Waals surface area contributed by atoms with Gasteiger partial charge in [-0.2, -0.15) is 0 Å². The monoisotopic (exact) mass is 450 g/mol. The van der Waals surface area contributed by atoms with Gasteiger partial charge in [0.15, 0.2) is 12.6 Å². The zero-order valence-electron chi connectivity index (χ0n) is 17.1. The molecule has 11 nitrogen and oxygen atoms in total. The molecule has 180 valence electrons. The molecule has 2 heterocycles. The maximum absolute atomic E-state index is 10.5. The second-order valence-electron chi connectivity index (χ2n) is 9.48. The van der Waals surface area contributed by atoms with Crippen molar-refractivity contribution in [1.29, 1.82) is 0 Å².